The van der Waals surface area contributed by atoms with Crippen LogP contribution >= 0.6 is 15.9 Å². The summed E-state index contributed by atoms with van der Waals surface area (Å²) in [5, 5.41) is 5.75. The number of nitrogens with zero attached hydrogens (tertiary/aromatic N) is 1. The van der Waals surface area contributed by atoms with Crippen LogP contribution in [0.1, 0.15) is 10.4 Å². The molecule has 18 heavy (non-hydrogen) atoms. The monoisotopic (exact) mass is 305 g/mol. The van der Waals surface area contributed by atoms with Crippen molar-refractivity contribution in [1.29, 1.82) is 0 Å². The highest BCUT2D eigenvalue weighted by molar-refractivity contribution is 9.10. The van der Waals surface area contributed by atoms with E-state index in [0.717, 1.165) is 10.2 Å². The Morgan fingerprint density at radius 2 is 1.94 bits per heavy atom. The third-order valence-electron chi connectivity index (χ3n) is 2.43. The van der Waals surface area contributed by atoms with E-state index >= 15 is 0 Å². The minimum Gasteiger partial charge on any atom is -0.388 e. The second-order valence-corrected chi connectivity index (χ2v) is 4.47. The van der Waals surface area contributed by atoms with Crippen LogP contribution in [-0.2, 0) is 0 Å². The van der Waals surface area contributed by atoms with Crippen LogP contribution in [0.4, 0.5) is 11.5 Å². The molecule has 0 aliphatic carbocycles. The van der Waals surface area contributed by atoms with E-state index in [1.165, 1.54) is 0 Å². The van der Waals surface area contributed by atoms with E-state index in [2.05, 4.69) is 31.5 Å². The van der Waals surface area contributed by atoms with Gasteiger partial charge in [-0.05, 0) is 52.3 Å². The fourth-order valence-electron chi connectivity index (χ4n) is 1.45. The van der Waals surface area contributed by atoms with Crippen molar-refractivity contribution in [2.75, 3.05) is 17.7 Å². The summed E-state index contributed by atoms with van der Waals surface area (Å²) in [4.78, 5) is 16.1. The van der Waals surface area contributed by atoms with Crippen LogP contribution in [0.2, 0.25) is 0 Å². The zero-order valence-corrected chi connectivity index (χ0v) is 11.4. The van der Waals surface area contributed by atoms with E-state index < -0.39 is 0 Å². The van der Waals surface area contributed by atoms with Gasteiger partial charge in [0.25, 0.3) is 5.91 Å². The third-order valence-corrected chi connectivity index (χ3v) is 3.07. The number of anilines is 2. The molecule has 4 nitrogen and oxygen atoms in total. The van der Waals surface area contributed by atoms with Crippen molar-refractivity contribution in [2.45, 2.75) is 0 Å². The highest BCUT2D eigenvalue weighted by Gasteiger charge is 2.08. The predicted molar refractivity (Wildman–Crippen MR) is 75.9 cm³/mol. The van der Waals surface area contributed by atoms with Crippen LogP contribution in [0, 0.1) is 0 Å². The van der Waals surface area contributed by atoms with Gasteiger partial charge in [-0.15, -0.1) is 0 Å². The average molecular weight is 306 g/mol. The van der Waals surface area contributed by atoms with Crippen molar-refractivity contribution in [3.8, 4) is 0 Å². The van der Waals surface area contributed by atoms with Crippen molar-refractivity contribution < 1.29 is 4.79 Å². The van der Waals surface area contributed by atoms with Crippen molar-refractivity contribution in [2.24, 2.45) is 0 Å². The van der Waals surface area contributed by atoms with Gasteiger partial charge in [0, 0.05) is 24.5 Å². The minimum atomic E-state index is -0.183. The summed E-state index contributed by atoms with van der Waals surface area (Å²) < 4.78 is 0.755. The summed E-state index contributed by atoms with van der Waals surface area (Å²) in [5.41, 5.74) is 1.55. The number of pyridine rings is 1. The minimum absolute atomic E-state index is 0.183. The van der Waals surface area contributed by atoms with E-state index in [9.17, 15) is 4.79 Å². The van der Waals surface area contributed by atoms with Crippen molar-refractivity contribution in [3.63, 3.8) is 0 Å². The highest BCUT2D eigenvalue weighted by Crippen LogP contribution is 2.19. The first-order valence-corrected chi connectivity index (χ1v) is 6.19. The molecule has 2 rings (SSSR count). The standard InChI is InChI=1S/C13H12BrN3O/c1-15-10-6-4-9(5-7-10)13(18)17-12-11(14)3-2-8-16-12/h2-8,15H,1H3,(H,16,17,18). The number of halogens is 1. The molecule has 1 amide bonds. The molecule has 0 unspecified atom stereocenters. The Bertz CT molecular complexity index is 554. The molecule has 0 atom stereocenters. The molecule has 1 aromatic carbocycles. The molecule has 1 aromatic heterocycles. The molecular formula is C13H12BrN3O. The molecule has 92 valence electrons. The normalized spacial score (nSPS) is 9.89. The van der Waals surface area contributed by atoms with Gasteiger partial charge in [0.1, 0.15) is 5.82 Å². The van der Waals surface area contributed by atoms with Gasteiger partial charge in [-0.1, -0.05) is 0 Å². The third kappa shape index (κ3) is 2.87. The first-order valence-electron chi connectivity index (χ1n) is 5.40. The van der Waals surface area contributed by atoms with Crippen LogP contribution in [0.15, 0.2) is 47.1 Å². The zero-order valence-electron chi connectivity index (χ0n) is 9.77. The van der Waals surface area contributed by atoms with Gasteiger partial charge in [0.15, 0.2) is 0 Å². The highest BCUT2D eigenvalue weighted by atomic mass is 79.9. The largest absolute Gasteiger partial charge is 0.388 e. The SMILES string of the molecule is CNc1ccc(C(=O)Nc2ncccc2Br)cc1. The lowest BCUT2D eigenvalue weighted by Crippen LogP contribution is -2.13. The van der Waals surface area contributed by atoms with E-state index in [1.54, 1.807) is 24.4 Å². The molecule has 0 spiro atoms. The number of aromatic nitrogens is 1. The maximum Gasteiger partial charge on any atom is 0.256 e. The topological polar surface area (TPSA) is 54.0 Å². The quantitative estimate of drug-likeness (QED) is 0.916. The van der Waals surface area contributed by atoms with Crippen molar-refractivity contribution in [1.82, 2.24) is 4.98 Å². The molecule has 0 radical (unpaired) electrons. The number of nitrogens with one attached hydrogen (secondary N) is 2. The number of rotatable bonds is 3. The number of carbonyl (C=O) groups is 1. The molecule has 0 saturated carbocycles. The molecular weight excluding hydrogens is 294 g/mol. The van der Waals surface area contributed by atoms with Crippen molar-refractivity contribution >= 4 is 33.3 Å². The summed E-state index contributed by atoms with van der Waals surface area (Å²) in [6.07, 6.45) is 1.63. The number of hydrogen-bond acceptors (Lipinski definition) is 3. The predicted octanol–water partition coefficient (Wildman–Crippen LogP) is 3.14. The first-order chi connectivity index (χ1) is 8.70. The molecule has 1 heterocycles. The van der Waals surface area contributed by atoms with Gasteiger partial charge in [0.2, 0.25) is 0 Å². The fourth-order valence-corrected chi connectivity index (χ4v) is 1.80. The molecule has 0 aliphatic rings. The number of amides is 1. The van der Waals surface area contributed by atoms with Crippen LogP contribution in [0.25, 0.3) is 0 Å². The molecule has 2 aromatic rings. The van der Waals surface area contributed by atoms with E-state index in [4.69, 9.17) is 0 Å². The maximum absolute atomic E-state index is 12.0. The van der Waals surface area contributed by atoms with Gasteiger partial charge >= 0.3 is 0 Å². The summed E-state index contributed by atoms with van der Waals surface area (Å²) >= 11 is 3.33. The number of hydrogen-bond donors (Lipinski definition) is 2. The van der Waals surface area contributed by atoms with Crippen LogP contribution in [0.5, 0.6) is 0 Å². The van der Waals surface area contributed by atoms with E-state index in [-0.39, 0.29) is 5.91 Å². The summed E-state index contributed by atoms with van der Waals surface area (Å²) in [6, 6.07) is 10.8. The Morgan fingerprint density at radius 1 is 1.22 bits per heavy atom. The number of carbonyl (C=O) groups excluding carboxylic acids is 1. The zero-order chi connectivity index (χ0) is 13.0. The summed E-state index contributed by atoms with van der Waals surface area (Å²) in [5.74, 6) is 0.331. The number of benzene rings is 1. The fraction of sp³-hybridized carbons (Fsp3) is 0.0769. The van der Waals surface area contributed by atoms with Gasteiger partial charge in [-0.2, -0.15) is 0 Å². The first kappa shape index (κ1) is 12.6. The Morgan fingerprint density at radius 3 is 2.56 bits per heavy atom. The van der Waals surface area contributed by atoms with Crippen LogP contribution < -0.4 is 10.6 Å². The lowest BCUT2D eigenvalue weighted by molar-refractivity contribution is 0.102. The molecule has 0 saturated heterocycles. The van der Waals surface area contributed by atoms with Gasteiger partial charge in [-0.25, -0.2) is 4.98 Å². The molecule has 5 heteroatoms. The smallest absolute Gasteiger partial charge is 0.256 e. The second-order valence-electron chi connectivity index (χ2n) is 3.62. The van der Waals surface area contributed by atoms with E-state index in [0.29, 0.717) is 11.4 Å². The Hall–Kier alpha value is -1.88. The average Bonchev–Trinajstić information content (AvgIpc) is 2.41. The maximum atomic E-state index is 12.0. The van der Waals surface area contributed by atoms with Gasteiger partial charge in [-0.3, -0.25) is 4.79 Å². The molecule has 0 fully saturated rings. The van der Waals surface area contributed by atoms with E-state index in [1.807, 2.05) is 25.2 Å². The van der Waals surface area contributed by atoms with Crippen LogP contribution in [0.3, 0.4) is 0 Å². The Labute approximate surface area is 114 Å². The van der Waals surface area contributed by atoms with Gasteiger partial charge in [0.05, 0.1) is 4.47 Å². The molecule has 2 N–H and O–H groups in total. The van der Waals surface area contributed by atoms with Crippen molar-refractivity contribution in [3.05, 3.63) is 52.6 Å². The second kappa shape index (κ2) is 5.64. The van der Waals surface area contributed by atoms with Gasteiger partial charge < -0.3 is 10.6 Å². The Balaban J connectivity index is 2.14. The molecule has 0 aliphatic heterocycles. The lowest BCUT2D eigenvalue weighted by Gasteiger charge is -2.06. The Kier molecular flexibility index (Phi) is 3.94. The molecule has 0 bridgehead atoms. The summed E-state index contributed by atoms with van der Waals surface area (Å²) in [6.45, 7) is 0. The lowest BCUT2D eigenvalue weighted by atomic mass is 10.2. The summed E-state index contributed by atoms with van der Waals surface area (Å²) in [7, 11) is 1.83. The van der Waals surface area contributed by atoms with Crippen LogP contribution in [-0.4, -0.2) is 17.9 Å².